The minimum absolute atomic E-state index is 0.209. The van der Waals surface area contributed by atoms with Crippen LogP contribution in [0.3, 0.4) is 0 Å². The van der Waals surface area contributed by atoms with E-state index in [4.69, 9.17) is 9.47 Å². The molecule has 0 aliphatic carbocycles. The zero-order valence-corrected chi connectivity index (χ0v) is 12.4. The van der Waals surface area contributed by atoms with Crippen molar-refractivity contribution in [2.24, 2.45) is 5.41 Å². The molecule has 1 rings (SSSR count). The Hall–Kier alpha value is -0.700. The summed E-state index contributed by atoms with van der Waals surface area (Å²) in [5, 5.41) is 0.960. The largest absolute Gasteiger partial charge is 0.493 e. The first kappa shape index (κ1) is 14.4. The fraction of sp³-hybridized carbons (Fsp3) is 0.571. The highest BCUT2D eigenvalue weighted by Crippen LogP contribution is 2.32. The van der Waals surface area contributed by atoms with Crippen molar-refractivity contribution in [2.75, 3.05) is 19.0 Å². The van der Waals surface area contributed by atoms with E-state index >= 15 is 0 Å². The van der Waals surface area contributed by atoms with Crippen LogP contribution in [0.1, 0.15) is 26.7 Å². The van der Waals surface area contributed by atoms with Crippen LogP contribution >= 0.6 is 15.9 Å². The number of ether oxygens (including phenoxy) is 2. The Balaban J connectivity index is 2.71. The molecule has 17 heavy (non-hydrogen) atoms. The van der Waals surface area contributed by atoms with Gasteiger partial charge in [-0.05, 0) is 25.0 Å². The molecule has 0 aliphatic rings. The number of methoxy groups -OCH3 is 1. The van der Waals surface area contributed by atoms with Gasteiger partial charge in [0.2, 0.25) is 0 Å². The number of alkyl halides is 1. The van der Waals surface area contributed by atoms with Gasteiger partial charge in [0, 0.05) is 10.7 Å². The predicted molar refractivity (Wildman–Crippen MR) is 75.3 cm³/mol. The summed E-state index contributed by atoms with van der Waals surface area (Å²) in [4.78, 5) is 0. The van der Waals surface area contributed by atoms with Gasteiger partial charge in [0.05, 0.1) is 13.7 Å². The third kappa shape index (κ3) is 3.63. The first-order valence-electron chi connectivity index (χ1n) is 6.03. The first-order chi connectivity index (χ1) is 8.21. The molecule has 0 saturated carbocycles. The maximum atomic E-state index is 5.91. The molecule has 0 aromatic heterocycles. The Morgan fingerprint density at radius 1 is 1.12 bits per heavy atom. The Labute approximate surface area is 112 Å². The Kier molecular flexibility index (Phi) is 5.83. The molecule has 0 spiro atoms. The number of para-hydroxylation sites is 2. The number of halogens is 1. The predicted octanol–water partition coefficient (Wildman–Crippen LogP) is 4.28. The van der Waals surface area contributed by atoms with E-state index in [0.29, 0.717) is 6.61 Å². The molecule has 0 fully saturated rings. The van der Waals surface area contributed by atoms with Crippen molar-refractivity contribution in [1.82, 2.24) is 0 Å². The van der Waals surface area contributed by atoms with E-state index in [1.54, 1.807) is 7.11 Å². The highest BCUT2D eigenvalue weighted by molar-refractivity contribution is 9.09. The summed E-state index contributed by atoms with van der Waals surface area (Å²) in [6, 6.07) is 7.78. The van der Waals surface area contributed by atoms with Crippen LogP contribution in [0.5, 0.6) is 11.5 Å². The van der Waals surface area contributed by atoms with Gasteiger partial charge in [-0.3, -0.25) is 0 Å². The number of hydrogen-bond acceptors (Lipinski definition) is 2. The lowest BCUT2D eigenvalue weighted by molar-refractivity contribution is 0.153. The van der Waals surface area contributed by atoms with Crippen LogP contribution in [0.25, 0.3) is 0 Å². The third-order valence-electron chi connectivity index (χ3n) is 3.39. The molecule has 0 heterocycles. The summed E-state index contributed by atoms with van der Waals surface area (Å²) in [6.45, 7) is 5.12. The Morgan fingerprint density at radius 3 is 2.18 bits per heavy atom. The Morgan fingerprint density at radius 2 is 1.71 bits per heavy atom. The molecule has 0 aliphatic heterocycles. The molecule has 0 amide bonds. The van der Waals surface area contributed by atoms with E-state index in [-0.39, 0.29) is 5.41 Å². The standard InChI is InChI=1S/C14H21BrO2/c1-4-14(5-2,10-15)11-17-13-9-7-6-8-12(13)16-3/h6-9H,4-5,10-11H2,1-3H3. The zero-order valence-electron chi connectivity index (χ0n) is 10.8. The summed E-state index contributed by atoms with van der Waals surface area (Å²) in [7, 11) is 1.67. The Bertz CT molecular complexity index is 326. The van der Waals surface area contributed by atoms with Crippen molar-refractivity contribution in [3.8, 4) is 11.5 Å². The van der Waals surface area contributed by atoms with Crippen LogP contribution in [0, 0.1) is 5.41 Å². The molecule has 0 radical (unpaired) electrons. The van der Waals surface area contributed by atoms with E-state index in [1.165, 1.54) is 0 Å². The van der Waals surface area contributed by atoms with Crippen molar-refractivity contribution >= 4 is 15.9 Å². The van der Waals surface area contributed by atoms with Crippen molar-refractivity contribution < 1.29 is 9.47 Å². The fourth-order valence-electron chi connectivity index (χ4n) is 1.65. The smallest absolute Gasteiger partial charge is 0.161 e. The highest BCUT2D eigenvalue weighted by atomic mass is 79.9. The van der Waals surface area contributed by atoms with Gasteiger partial charge in [0.15, 0.2) is 11.5 Å². The summed E-state index contributed by atoms with van der Waals surface area (Å²) in [5.41, 5.74) is 0.209. The number of hydrogen-bond donors (Lipinski definition) is 0. The molecule has 0 saturated heterocycles. The monoisotopic (exact) mass is 300 g/mol. The second-order valence-electron chi connectivity index (χ2n) is 4.28. The van der Waals surface area contributed by atoms with Crippen molar-refractivity contribution in [3.05, 3.63) is 24.3 Å². The molecule has 0 N–H and O–H groups in total. The van der Waals surface area contributed by atoms with Crippen LogP contribution in [0.2, 0.25) is 0 Å². The lowest BCUT2D eigenvalue weighted by Gasteiger charge is -2.29. The topological polar surface area (TPSA) is 18.5 Å². The van der Waals surface area contributed by atoms with Gasteiger partial charge in [0.1, 0.15) is 0 Å². The summed E-state index contributed by atoms with van der Waals surface area (Å²) >= 11 is 3.59. The minimum Gasteiger partial charge on any atom is -0.493 e. The van der Waals surface area contributed by atoms with Gasteiger partial charge < -0.3 is 9.47 Å². The second-order valence-corrected chi connectivity index (χ2v) is 4.84. The molecular formula is C14H21BrO2. The summed E-state index contributed by atoms with van der Waals surface area (Å²) in [6.07, 6.45) is 2.20. The molecule has 3 heteroatoms. The van der Waals surface area contributed by atoms with Gasteiger partial charge in [-0.25, -0.2) is 0 Å². The van der Waals surface area contributed by atoms with E-state index in [0.717, 1.165) is 29.7 Å². The quantitative estimate of drug-likeness (QED) is 0.700. The maximum absolute atomic E-state index is 5.91. The van der Waals surface area contributed by atoms with Crippen LogP contribution in [-0.2, 0) is 0 Å². The first-order valence-corrected chi connectivity index (χ1v) is 7.15. The van der Waals surface area contributed by atoms with Gasteiger partial charge in [-0.1, -0.05) is 41.9 Å². The van der Waals surface area contributed by atoms with E-state index in [2.05, 4.69) is 29.8 Å². The molecule has 2 nitrogen and oxygen atoms in total. The van der Waals surface area contributed by atoms with E-state index in [1.807, 2.05) is 24.3 Å². The highest BCUT2D eigenvalue weighted by Gasteiger charge is 2.26. The molecule has 0 bridgehead atoms. The van der Waals surface area contributed by atoms with Crippen LogP contribution < -0.4 is 9.47 Å². The van der Waals surface area contributed by atoms with E-state index < -0.39 is 0 Å². The fourth-order valence-corrected chi connectivity index (χ4v) is 2.61. The lowest BCUT2D eigenvalue weighted by Crippen LogP contribution is -2.29. The number of benzene rings is 1. The van der Waals surface area contributed by atoms with Crippen LogP contribution in [-0.4, -0.2) is 19.0 Å². The molecule has 0 unspecified atom stereocenters. The maximum Gasteiger partial charge on any atom is 0.161 e. The van der Waals surface area contributed by atoms with Gasteiger partial charge >= 0.3 is 0 Å². The summed E-state index contributed by atoms with van der Waals surface area (Å²) in [5.74, 6) is 1.62. The average molecular weight is 301 g/mol. The van der Waals surface area contributed by atoms with Gasteiger partial charge in [-0.15, -0.1) is 0 Å². The second kappa shape index (κ2) is 6.90. The molecule has 1 aromatic carbocycles. The summed E-state index contributed by atoms with van der Waals surface area (Å²) < 4.78 is 11.2. The van der Waals surface area contributed by atoms with Crippen molar-refractivity contribution in [3.63, 3.8) is 0 Å². The van der Waals surface area contributed by atoms with Gasteiger partial charge in [0.25, 0.3) is 0 Å². The molecule has 1 aromatic rings. The van der Waals surface area contributed by atoms with Crippen molar-refractivity contribution in [2.45, 2.75) is 26.7 Å². The molecule has 96 valence electrons. The molecular weight excluding hydrogens is 280 g/mol. The zero-order chi connectivity index (χ0) is 12.7. The van der Waals surface area contributed by atoms with Crippen molar-refractivity contribution in [1.29, 1.82) is 0 Å². The van der Waals surface area contributed by atoms with Gasteiger partial charge in [-0.2, -0.15) is 0 Å². The third-order valence-corrected chi connectivity index (χ3v) is 4.58. The van der Waals surface area contributed by atoms with E-state index in [9.17, 15) is 0 Å². The SMILES string of the molecule is CCC(CC)(CBr)COc1ccccc1OC. The van der Waals surface area contributed by atoms with Crippen LogP contribution in [0.15, 0.2) is 24.3 Å². The number of rotatable bonds is 7. The molecule has 0 atom stereocenters. The average Bonchev–Trinajstić information content (AvgIpc) is 2.41. The van der Waals surface area contributed by atoms with Crippen LogP contribution in [0.4, 0.5) is 0 Å². The lowest BCUT2D eigenvalue weighted by atomic mass is 9.86. The normalized spacial score (nSPS) is 11.3. The minimum atomic E-state index is 0.209.